The lowest BCUT2D eigenvalue weighted by Gasteiger charge is -2.17. The van der Waals surface area contributed by atoms with Gasteiger partial charge >= 0.3 is 6.05 Å². The van der Waals surface area contributed by atoms with Crippen LogP contribution in [0, 0.1) is 5.82 Å². The summed E-state index contributed by atoms with van der Waals surface area (Å²) in [4.78, 5) is 12.3. The van der Waals surface area contributed by atoms with Crippen LogP contribution in [0.25, 0.3) is 33.5 Å². The van der Waals surface area contributed by atoms with Crippen molar-refractivity contribution in [3.63, 3.8) is 0 Å². The second-order valence-corrected chi connectivity index (χ2v) is 11.1. The quantitative estimate of drug-likeness (QED) is 0.363. The Morgan fingerprint density at radius 3 is 2.61 bits per heavy atom. The summed E-state index contributed by atoms with van der Waals surface area (Å²) in [6.45, 7) is 3.06. The molecule has 11 heteroatoms. The van der Waals surface area contributed by atoms with Crippen LogP contribution in [0.1, 0.15) is 5.56 Å². The zero-order valence-corrected chi connectivity index (χ0v) is 18.3. The fraction of sp³-hybridized carbons (Fsp3) is 0.136. The van der Waals surface area contributed by atoms with Crippen molar-refractivity contribution in [1.82, 2.24) is 29.9 Å². The predicted octanol–water partition coefficient (Wildman–Crippen LogP) is 4.42. The summed E-state index contributed by atoms with van der Waals surface area (Å²) in [5, 5.41) is 8.17. The van der Waals surface area contributed by atoms with E-state index in [1.807, 2.05) is 0 Å². The highest BCUT2D eigenvalue weighted by atomic mass is 31.2. The number of aromatic nitrogens is 6. The van der Waals surface area contributed by atoms with Gasteiger partial charge in [-0.2, -0.15) is 13.5 Å². The van der Waals surface area contributed by atoms with E-state index in [1.54, 1.807) is 18.3 Å². The van der Waals surface area contributed by atoms with Crippen molar-refractivity contribution in [1.29, 1.82) is 0 Å². The number of alkyl halides is 2. The first-order valence-corrected chi connectivity index (χ1v) is 12.4. The number of fused-ring (bicyclic) bond motifs is 2. The number of pyridine rings is 1. The van der Waals surface area contributed by atoms with E-state index in [4.69, 9.17) is 0 Å². The van der Waals surface area contributed by atoms with Crippen molar-refractivity contribution in [2.75, 3.05) is 13.3 Å². The molecule has 0 spiro atoms. The zero-order chi connectivity index (χ0) is 23.4. The molecule has 0 fully saturated rings. The summed E-state index contributed by atoms with van der Waals surface area (Å²) < 4.78 is 58.2. The van der Waals surface area contributed by atoms with Gasteiger partial charge in [0, 0.05) is 28.0 Å². The maximum atomic E-state index is 15.4. The van der Waals surface area contributed by atoms with Crippen molar-refractivity contribution in [3.05, 3.63) is 72.3 Å². The fourth-order valence-corrected chi connectivity index (χ4v) is 4.32. The molecule has 0 aliphatic rings. The van der Waals surface area contributed by atoms with Crippen LogP contribution in [0.2, 0.25) is 0 Å². The Morgan fingerprint density at radius 2 is 1.85 bits per heavy atom. The van der Waals surface area contributed by atoms with E-state index >= 15 is 8.78 Å². The maximum absolute atomic E-state index is 15.4. The molecule has 5 rings (SSSR count). The highest BCUT2D eigenvalue weighted by molar-refractivity contribution is 7.70. The highest BCUT2D eigenvalue weighted by Gasteiger charge is 2.38. The van der Waals surface area contributed by atoms with E-state index in [0.29, 0.717) is 20.9 Å². The normalized spacial score (nSPS) is 12.5. The summed E-state index contributed by atoms with van der Waals surface area (Å²) >= 11 is 0. The van der Waals surface area contributed by atoms with Crippen molar-refractivity contribution >= 4 is 34.6 Å². The van der Waals surface area contributed by atoms with Crippen LogP contribution in [0.4, 0.5) is 13.2 Å². The third-order valence-electron chi connectivity index (χ3n) is 5.23. The lowest BCUT2D eigenvalue weighted by atomic mass is 10.1. The molecular weight excluding hydrogens is 452 g/mol. The number of hydrogen-bond acceptors (Lipinski definition) is 6. The van der Waals surface area contributed by atoms with Crippen molar-refractivity contribution in [2.45, 2.75) is 6.05 Å². The molecule has 33 heavy (non-hydrogen) atoms. The van der Waals surface area contributed by atoms with Gasteiger partial charge in [0.1, 0.15) is 13.0 Å². The molecular formula is C22H16F3N6OP. The van der Waals surface area contributed by atoms with Crippen LogP contribution < -0.4 is 5.30 Å². The molecule has 0 radical (unpaired) electrons. The standard InChI is InChI=1S/C22H16F3N6OP/c1-33(2,32)15-6-7-16(17(23)11-15)19-12-27-20-21(28-19)31(30-29-20)22(24,25)14-5-8-18-13(10-14)4-3-9-26-18/h3-12H,1-2H3. The van der Waals surface area contributed by atoms with Gasteiger partial charge in [-0.25, -0.2) is 14.4 Å². The smallest absolute Gasteiger partial charge is 0.319 e. The van der Waals surface area contributed by atoms with Gasteiger partial charge in [-0.3, -0.25) is 4.98 Å². The number of hydrogen-bond donors (Lipinski definition) is 0. The second-order valence-electron chi connectivity index (χ2n) is 7.87. The average molecular weight is 468 g/mol. The minimum Gasteiger partial charge on any atom is -0.319 e. The summed E-state index contributed by atoms with van der Waals surface area (Å²) in [6.07, 6.45) is 2.81. The summed E-state index contributed by atoms with van der Waals surface area (Å²) in [5.74, 6) is -0.683. The molecule has 0 aliphatic carbocycles. The van der Waals surface area contributed by atoms with Crippen molar-refractivity contribution < 1.29 is 17.7 Å². The van der Waals surface area contributed by atoms with Gasteiger partial charge in [-0.05, 0) is 49.7 Å². The average Bonchev–Trinajstić information content (AvgIpc) is 3.22. The van der Waals surface area contributed by atoms with E-state index in [-0.39, 0.29) is 28.1 Å². The molecule has 7 nitrogen and oxygen atoms in total. The van der Waals surface area contributed by atoms with Crippen LogP contribution in [0.3, 0.4) is 0 Å². The van der Waals surface area contributed by atoms with E-state index in [2.05, 4.69) is 25.3 Å². The summed E-state index contributed by atoms with van der Waals surface area (Å²) in [5.41, 5.74) is -0.108. The fourth-order valence-electron chi connectivity index (χ4n) is 3.47. The number of benzene rings is 2. The first-order valence-electron chi connectivity index (χ1n) is 9.82. The zero-order valence-electron chi connectivity index (χ0n) is 17.4. The Morgan fingerprint density at radius 1 is 1.03 bits per heavy atom. The molecule has 0 saturated carbocycles. The van der Waals surface area contributed by atoms with Crippen LogP contribution in [0.5, 0.6) is 0 Å². The molecule has 166 valence electrons. The first kappa shape index (κ1) is 21.2. The Hall–Kier alpha value is -3.65. The first-order chi connectivity index (χ1) is 15.6. The molecule has 0 saturated heterocycles. The van der Waals surface area contributed by atoms with Crippen molar-refractivity contribution in [2.24, 2.45) is 0 Å². The van der Waals surface area contributed by atoms with Gasteiger partial charge in [0.25, 0.3) is 0 Å². The molecule has 0 aliphatic heterocycles. The minimum atomic E-state index is -3.61. The number of rotatable bonds is 4. The van der Waals surface area contributed by atoms with E-state index in [1.165, 1.54) is 49.9 Å². The van der Waals surface area contributed by atoms with Crippen LogP contribution >= 0.6 is 7.14 Å². The Kier molecular flexibility index (Phi) is 4.79. The Labute approximate surface area is 185 Å². The molecule has 3 aromatic heterocycles. The SMILES string of the molecule is CP(C)(=O)c1ccc(-c2cnc3nnn(C(F)(F)c4ccc5ncccc5c4)c3n2)c(F)c1. The monoisotopic (exact) mass is 468 g/mol. The lowest BCUT2D eigenvalue weighted by Crippen LogP contribution is -2.26. The largest absolute Gasteiger partial charge is 0.373 e. The van der Waals surface area contributed by atoms with Gasteiger partial charge in [0.05, 0.1) is 17.4 Å². The molecule has 0 N–H and O–H groups in total. The van der Waals surface area contributed by atoms with Gasteiger partial charge in [-0.15, -0.1) is 5.10 Å². The van der Waals surface area contributed by atoms with Gasteiger partial charge in [0.15, 0.2) is 0 Å². The molecule has 5 aromatic rings. The molecule has 2 aromatic carbocycles. The van der Waals surface area contributed by atoms with Gasteiger partial charge in [0.2, 0.25) is 11.3 Å². The Bertz CT molecular complexity index is 1580. The summed E-state index contributed by atoms with van der Waals surface area (Å²) in [7, 11) is -2.67. The third kappa shape index (κ3) is 3.66. The van der Waals surface area contributed by atoms with Gasteiger partial charge in [-0.1, -0.05) is 17.3 Å². The van der Waals surface area contributed by atoms with E-state index < -0.39 is 19.0 Å². The summed E-state index contributed by atoms with van der Waals surface area (Å²) in [6, 6.07) is 7.89. The van der Waals surface area contributed by atoms with Crippen LogP contribution in [0.15, 0.2) is 60.9 Å². The lowest BCUT2D eigenvalue weighted by molar-refractivity contribution is -0.0458. The predicted molar refractivity (Wildman–Crippen MR) is 119 cm³/mol. The molecule has 0 unspecified atom stereocenters. The van der Waals surface area contributed by atoms with E-state index in [0.717, 1.165) is 6.07 Å². The minimum absolute atomic E-state index is 0.0237. The maximum Gasteiger partial charge on any atom is 0.373 e. The molecule has 3 heterocycles. The Balaban J connectivity index is 1.62. The molecule has 0 bridgehead atoms. The van der Waals surface area contributed by atoms with Gasteiger partial charge < -0.3 is 4.57 Å². The second kappa shape index (κ2) is 7.45. The molecule has 0 atom stereocenters. The topological polar surface area (TPSA) is 86.5 Å². The van der Waals surface area contributed by atoms with Crippen molar-refractivity contribution in [3.8, 4) is 11.3 Å². The van der Waals surface area contributed by atoms with Crippen LogP contribution in [-0.4, -0.2) is 43.3 Å². The number of nitrogens with zero attached hydrogens (tertiary/aromatic N) is 6. The van der Waals surface area contributed by atoms with E-state index in [9.17, 15) is 8.96 Å². The number of halogens is 3. The third-order valence-corrected chi connectivity index (χ3v) is 6.75. The molecule has 0 amide bonds. The highest BCUT2D eigenvalue weighted by Crippen LogP contribution is 2.36. The van der Waals surface area contributed by atoms with Crippen LogP contribution in [-0.2, 0) is 10.6 Å².